The number of hydrogen-bond donors (Lipinski definition) is 2. The van der Waals surface area contributed by atoms with E-state index in [0.717, 1.165) is 22.5 Å². The molecule has 0 atom stereocenters. The van der Waals surface area contributed by atoms with E-state index in [9.17, 15) is 9.90 Å². The summed E-state index contributed by atoms with van der Waals surface area (Å²) in [5.41, 5.74) is 4.34. The van der Waals surface area contributed by atoms with Gasteiger partial charge in [0.1, 0.15) is 6.61 Å². The zero-order valence-corrected chi connectivity index (χ0v) is 16.3. The second-order valence-electron chi connectivity index (χ2n) is 7.24. The number of likely N-dealkylation sites (tertiary alicyclic amines) is 1. The van der Waals surface area contributed by atoms with Crippen LogP contribution in [0.5, 0.6) is 5.88 Å². The van der Waals surface area contributed by atoms with Crippen LogP contribution in [-0.2, 0) is 6.61 Å². The summed E-state index contributed by atoms with van der Waals surface area (Å²) in [7, 11) is 0. The van der Waals surface area contributed by atoms with Gasteiger partial charge in [-0.3, -0.25) is 9.89 Å². The Kier molecular flexibility index (Phi) is 5.57. The summed E-state index contributed by atoms with van der Waals surface area (Å²) < 4.78 is 5.86. The highest BCUT2D eigenvalue weighted by atomic mass is 16.5. The number of rotatable bonds is 5. The molecule has 0 radical (unpaired) electrons. The van der Waals surface area contributed by atoms with E-state index in [1.165, 1.54) is 0 Å². The van der Waals surface area contributed by atoms with Crippen LogP contribution in [0, 0.1) is 6.92 Å². The average Bonchev–Trinajstić information content (AvgIpc) is 3.13. The molecule has 29 heavy (non-hydrogen) atoms. The Balaban J connectivity index is 1.42. The number of aromatic amines is 1. The smallest absolute Gasteiger partial charge is 0.255 e. The highest BCUT2D eigenvalue weighted by Crippen LogP contribution is 2.24. The number of aliphatic hydroxyl groups excluding tert-OH is 1. The fourth-order valence-electron chi connectivity index (χ4n) is 3.45. The lowest BCUT2D eigenvalue weighted by Crippen LogP contribution is -2.40. The van der Waals surface area contributed by atoms with Crippen LogP contribution in [0.3, 0.4) is 0 Å². The number of amides is 1. The summed E-state index contributed by atoms with van der Waals surface area (Å²) in [6.07, 6.45) is 2.48. The number of carbonyl (C=O) groups excluding carboxylic acids is 1. The number of aryl methyl sites for hydroxylation is 1. The number of ether oxygens (including phenoxy) is 1. The van der Waals surface area contributed by atoms with E-state index in [1.807, 2.05) is 37.3 Å². The number of nitrogens with one attached hydrogen (secondary N) is 1. The molecule has 4 rings (SSSR count). The molecule has 7 heteroatoms. The topological polar surface area (TPSA) is 91.3 Å². The molecular formula is C22H24N4O3. The summed E-state index contributed by atoms with van der Waals surface area (Å²) in [6, 6.07) is 13.4. The van der Waals surface area contributed by atoms with Crippen molar-refractivity contribution in [3.8, 4) is 17.1 Å². The van der Waals surface area contributed by atoms with Crippen LogP contribution in [0.15, 0.2) is 48.7 Å². The molecule has 1 aromatic carbocycles. The first-order chi connectivity index (χ1) is 14.1. The highest BCUT2D eigenvalue weighted by molar-refractivity contribution is 5.94. The zero-order valence-electron chi connectivity index (χ0n) is 16.3. The largest absolute Gasteiger partial charge is 0.473 e. The monoisotopic (exact) mass is 392 g/mol. The predicted molar refractivity (Wildman–Crippen MR) is 108 cm³/mol. The minimum Gasteiger partial charge on any atom is -0.473 e. The first kappa shape index (κ1) is 19.1. The maximum Gasteiger partial charge on any atom is 0.255 e. The third-order valence-corrected chi connectivity index (χ3v) is 5.22. The van der Waals surface area contributed by atoms with Gasteiger partial charge in [0, 0.05) is 42.2 Å². The van der Waals surface area contributed by atoms with Gasteiger partial charge in [0.05, 0.1) is 17.4 Å². The van der Waals surface area contributed by atoms with E-state index in [-0.39, 0.29) is 12.0 Å². The molecule has 0 aliphatic carbocycles. The normalized spacial score (nSPS) is 14.8. The molecule has 3 aromatic rings. The van der Waals surface area contributed by atoms with E-state index < -0.39 is 0 Å². The maximum absolute atomic E-state index is 12.6. The van der Waals surface area contributed by atoms with Crippen molar-refractivity contribution in [1.29, 1.82) is 0 Å². The number of aromatic nitrogens is 3. The second kappa shape index (κ2) is 8.45. The molecule has 1 amide bonds. The summed E-state index contributed by atoms with van der Waals surface area (Å²) in [4.78, 5) is 18.6. The molecule has 0 spiro atoms. The Hall–Kier alpha value is -3.19. The van der Waals surface area contributed by atoms with Crippen LogP contribution in [0.25, 0.3) is 11.3 Å². The van der Waals surface area contributed by atoms with E-state index in [2.05, 4.69) is 15.2 Å². The number of nitrogens with zero attached hydrogens (tertiary/aromatic N) is 3. The van der Waals surface area contributed by atoms with Gasteiger partial charge in [-0.25, -0.2) is 4.98 Å². The molecule has 3 heterocycles. The van der Waals surface area contributed by atoms with E-state index in [1.54, 1.807) is 23.2 Å². The minimum absolute atomic E-state index is 0.0620. The molecule has 0 unspecified atom stereocenters. The Labute approximate surface area is 169 Å². The first-order valence-corrected chi connectivity index (χ1v) is 9.77. The highest BCUT2D eigenvalue weighted by Gasteiger charge is 2.22. The van der Waals surface area contributed by atoms with Crippen LogP contribution in [0.2, 0.25) is 0 Å². The number of piperidine rings is 1. The van der Waals surface area contributed by atoms with Gasteiger partial charge in [-0.05, 0) is 25.8 Å². The van der Waals surface area contributed by atoms with Gasteiger partial charge in [0.2, 0.25) is 5.88 Å². The lowest BCUT2D eigenvalue weighted by Gasteiger charge is -2.29. The predicted octanol–water partition coefficient (Wildman–Crippen LogP) is 2.96. The summed E-state index contributed by atoms with van der Waals surface area (Å²) in [6.45, 7) is 3.43. The van der Waals surface area contributed by atoms with Crippen molar-refractivity contribution in [3.63, 3.8) is 0 Å². The Morgan fingerprint density at radius 2 is 1.97 bits per heavy atom. The molecule has 150 valence electrons. The van der Waals surface area contributed by atoms with E-state index in [4.69, 9.17) is 4.74 Å². The fraction of sp³-hybridized carbons (Fsp3) is 0.318. The van der Waals surface area contributed by atoms with E-state index >= 15 is 0 Å². The Bertz CT molecular complexity index is 961. The van der Waals surface area contributed by atoms with Gasteiger partial charge in [-0.15, -0.1) is 0 Å². The molecule has 0 bridgehead atoms. The van der Waals surface area contributed by atoms with Crippen molar-refractivity contribution in [1.82, 2.24) is 20.1 Å². The molecule has 1 aliphatic heterocycles. The number of benzene rings is 1. The van der Waals surface area contributed by atoms with Crippen LogP contribution in [-0.4, -0.2) is 50.3 Å². The van der Waals surface area contributed by atoms with Crippen LogP contribution >= 0.6 is 0 Å². The summed E-state index contributed by atoms with van der Waals surface area (Å²) in [5, 5.41) is 17.0. The fourth-order valence-corrected chi connectivity index (χ4v) is 3.45. The number of hydrogen-bond acceptors (Lipinski definition) is 5. The van der Waals surface area contributed by atoms with Crippen molar-refractivity contribution in [2.75, 3.05) is 13.1 Å². The molecule has 2 N–H and O–H groups in total. The van der Waals surface area contributed by atoms with E-state index in [0.29, 0.717) is 44.0 Å². The molecule has 1 fully saturated rings. The van der Waals surface area contributed by atoms with Crippen molar-refractivity contribution < 1.29 is 14.6 Å². The maximum atomic E-state index is 12.6. The van der Waals surface area contributed by atoms with Gasteiger partial charge < -0.3 is 14.7 Å². The lowest BCUT2D eigenvalue weighted by molar-refractivity contribution is 0.0546. The second-order valence-corrected chi connectivity index (χ2v) is 7.24. The van der Waals surface area contributed by atoms with Gasteiger partial charge >= 0.3 is 0 Å². The number of carbonyl (C=O) groups is 1. The number of aliphatic hydroxyl groups is 1. The third-order valence-electron chi connectivity index (χ3n) is 5.22. The Morgan fingerprint density at radius 1 is 1.21 bits per heavy atom. The lowest BCUT2D eigenvalue weighted by atomic mass is 10.1. The van der Waals surface area contributed by atoms with Crippen LogP contribution in [0.4, 0.5) is 0 Å². The van der Waals surface area contributed by atoms with Crippen molar-refractivity contribution in [2.24, 2.45) is 0 Å². The summed E-state index contributed by atoms with van der Waals surface area (Å²) >= 11 is 0. The first-order valence-electron chi connectivity index (χ1n) is 9.77. The van der Waals surface area contributed by atoms with Crippen molar-refractivity contribution in [2.45, 2.75) is 32.5 Å². The standard InChI is InChI=1S/C22H24N4O3/c1-15-19(21(25-24-15)16-5-3-2-4-6-16)14-29-20-8-7-17(13-23-20)22(28)26-11-9-18(27)10-12-26/h2-8,13,18,27H,9-12,14H2,1H3,(H,24,25). The minimum atomic E-state index is -0.305. The molecule has 7 nitrogen and oxygen atoms in total. The third kappa shape index (κ3) is 4.30. The number of H-pyrrole nitrogens is 1. The Morgan fingerprint density at radius 3 is 2.66 bits per heavy atom. The van der Waals surface area contributed by atoms with Gasteiger partial charge in [-0.2, -0.15) is 5.10 Å². The summed E-state index contributed by atoms with van der Waals surface area (Å²) in [5.74, 6) is 0.392. The SMILES string of the molecule is Cc1[nH]nc(-c2ccccc2)c1COc1ccc(C(=O)N2CCC(O)CC2)cn1. The number of pyridine rings is 1. The quantitative estimate of drug-likeness (QED) is 0.697. The van der Waals surface area contributed by atoms with Crippen LogP contribution < -0.4 is 4.74 Å². The molecule has 1 saturated heterocycles. The van der Waals surface area contributed by atoms with Gasteiger partial charge in [0.25, 0.3) is 5.91 Å². The molecular weight excluding hydrogens is 368 g/mol. The average molecular weight is 392 g/mol. The molecule has 0 saturated carbocycles. The molecule has 1 aliphatic rings. The van der Waals surface area contributed by atoms with Crippen molar-refractivity contribution >= 4 is 5.91 Å². The molecule has 2 aromatic heterocycles. The van der Waals surface area contributed by atoms with Gasteiger partial charge in [-0.1, -0.05) is 30.3 Å². The zero-order chi connectivity index (χ0) is 20.2. The van der Waals surface area contributed by atoms with Gasteiger partial charge in [0.15, 0.2) is 0 Å². The van der Waals surface area contributed by atoms with Crippen LogP contribution in [0.1, 0.15) is 34.5 Å². The van der Waals surface area contributed by atoms with Crippen molar-refractivity contribution in [3.05, 3.63) is 65.5 Å².